The Morgan fingerprint density at radius 2 is 1.67 bits per heavy atom. The van der Waals surface area contributed by atoms with E-state index in [1.54, 1.807) is 48.2 Å². The largest absolute Gasteiger partial charge is 0.462 e. The number of H-pyrrole nitrogens is 1. The maximum atomic E-state index is 13.7. The lowest BCUT2D eigenvalue weighted by atomic mass is 10.1. The Bertz CT molecular complexity index is 1490. The smallest absolute Gasteiger partial charge is 0.338 e. The van der Waals surface area contributed by atoms with E-state index < -0.39 is 12.0 Å². The van der Waals surface area contributed by atoms with Gasteiger partial charge in [-0.25, -0.2) is 14.0 Å². The molecule has 1 heterocycles. The van der Waals surface area contributed by atoms with Gasteiger partial charge in [-0.2, -0.15) is 0 Å². The average Bonchev–Trinajstić information content (AvgIpc) is 3.41. The topological polar surface area (TPSA) is 104 Å². The van der Waals surface area contributed by atoms with E-state index in [0.29, 0.717) is 24.2 Å². The number of fused-ring (bicyclic) bond motifs is 1. The lowest BCUT2D eigenvalue weighted by Gasteiger charge is -2.28. The lowest BCUT2D eigenvalue weighted by molar-refractivity contribution is -0.132. The molecular formula is C32H35FN4O5. The maximum absolute atomic E-state index is 13.7. The van der Waals surface area contributed by atoms with Crippen LogP contribution in [-0.2, 0) is 27.2 Å². The molecule has 4 rings (SSSR count). The van der Waals surface area contributed by atoms with Crippen LogP contribution in [0, 0.1) is 5.82 Å². The van der Waals surface area contributed by atoms with Gasteiger partial charge in [0.2, 0.25) is 5.91 Å². The molecule has 0 spiro atoms. The van der Waals surface area contributed by atoms with E-state index in [0.717, 1.165) is 22.0 Å². The average molecular weight is 575 g/mol. The number of nitrogens with zero attached hydrogens (tertiary/aromatic N) is 2. The molecule has 1 aromatic heterocycles. The number of rotatable bonds is 13. The Hall–Kier alpha value is -4.70. The summed E-state index contributed by atoms with van der Waals surface area (Å²) >= 11 is 0. The van der Waals surface area contributed by atoms with Crippen LogP contribution in [0.3, 0.4) is 0 Å². The second kappa shape index (κ2) is 14.8. The number of nitrogens with one attached hydrogen (secondary N) is 2. The number of amides is 3. The Balaban J connectivity index is 1.48. The summed E-state index contributed by atoms with van der Waals surface area (Å²) < 4.78 is 23.7. The standard InChI is InChI=1S/C32H35FN4O5/c1-3-42-31(39)24-10-14-27(15-11-24)35-32(40)37(18-19-41-2)22-30(38)36(21-23-8-12-26(33)13-9-23)17-16-25-20-34-29-7-5-4-6-28(25)29/h4-15,20,34H,3,16-19,21-22H2,1-2H3,(H,35,40). The second-order valence-electron chi connectivity index (χ2n) is 9.69. The van der Waals surface area contributed by atoms with E-state index >= 15 is 0 Å². The Morgan fingerprint density at radius 3 is 2.38 bits per heavy atom. The highest BCUT2D eigenvalue weighted by molar-refractivity contribution is 5.94. The van der Waals surface area contributed by atoms with E-state index in [1.807, 2.05) is 30.5 Å². The summed E-state index contributed by atoms with van der Waals surface area (Å²) in [7, 11) is 1.52. The van der Waals surface area contributed by atoms with E-state index in [9.17, 15) is 18.8 Å². The lowest BCUT2D eigenvalue weighted by Crippen LogP contribution is -2.46. The fourth-order valence-electron chi connectivity index (χ4n) is 4.52. The summed E-state index contributed by atoms with van der Waals surface area (Å²) in [6.07, 6.45) is 2.53. The number of hydrogen-bond acceptors (Lipinski definition) is 5. The number of halogens is 1. The van der Waals surface area contributed by atoms with Crippen LogP contribution >= 0.6 is 0 Å². The van der Waals surface area contributed by atoms with Gasteiger partial charge in [0.05, 0.1) is 18.8 Å². The Labute approximate surface area is 244 Å². The number of carbonyl (C=O) groups is 3. The first kappa shape index (κ1) is 30.3. The minimum atomic E-state index is -0.484. The Morgan fingerprint density at radius 1 is 0.929 bits per heavy atom. The van der Waals surface area contributed by atoms with Gasteiger partial charge in [0.25, 0.3) is 0 Å². The number of methoxy groups -OCH3 is 1. The van der Waals surface area contributed by atoms with Crippen LogP contribution in [0.1, 0.15) is 28.4 Å². The molecule has 3 amide bonds. The predicted octanol–water partition coefficient (Wildman–Crippen LogP) is 5.24. The first-order chi connectivity index (χ1) is 20.4. The zero-order valence-corrected chi connectivity index (χ0v) is 23.8. The SMILES string of the molecule is CCOC(=O)c1ccc(NC(=O)N(CCOC)CC(=O)N(CCc2c[nH]c3ccccc23)Cc2ccc(F)cc2)cc1. The molecule has 0 aliphatic carbocycles. The fraction of sp³-hybridized carbons (Fsp3) is 0.281. The molecule has 2 N–H and O–H groups in total. The molecule has 3 aromatic carbocycles. The first-order valence-corrected chi connectivity index (χ1v) is 13.8. The molecule has 0 aliphatic heterocycles. The highest BCUT2D eigenvalue weighted by Gasteiger charge is 2.22. The van der Waals surface area contributed by atoms with Crippen LogP contribution in [0.25, 0.3) is 10.9 Å². The van der Waals surface area contributed by atoms with Gasteiger partial charge in [-0.1, -0.05) is 30.3 Å². The molecular weight excluding hydrogens is 539 g/mol. The number of benzene rings is 3. The summed E-state index contributed by atoms with van der Waals surface area (Å²) in [4.78, 5) is 45.2. The van der Waals surface area contributed by atoms with Crippen molar-refractivity contribution in [2.75, 3.05) is 45.3 Å². The summed E-state index contributed by atoms with van der Waals surface area (Å²) in [5, 5.41) is 3.87. The minimum absolute atomic E-state index is 0.182. The van der Waals surface area contributed by atoms with Crippen LogP contribution in [0.4, 0.5) is 14.9 Å². The van der Waals surface area contributed by atoms with Crippen molar-refractivity contribution in [3.63, 3.8) is 0 Å². The third-order valence-electron chi connectivity index (χ3n) is 6.79. The third kappa shape index (κ3) is 8.17. The molecule has 0 unspecified atom stereocenters. The highest BCUT2D eigenvalue weighted by Crippen LogP contribution is 2.19. The maximum Gasteiger partial charge on any atom is 0.338 e. The fourth-order valence-corrected chi connectivity index (χ4v) is 4.52. The number of urea groups is 1. The minimum Gasteiger partial charge on any atom is -0.462 e. The first-order valence-electron chi connectivity index (χ1n) is 13.8. The molecule has 220 valence electrons. The van der Waals surface area contributed by atoms with Gasteiger partial charge < -0.3 is 29.6 Å². The summed E-state index contributed by atoms with van der Waals surface area (Å²) in [6, 6.07) is 19.8. The van der Waals surface area contributed by atoms with E-state index in [1.165, 1.54) is 24.1 Å². The molecule has 10 heteroatoms. The molecule has 0 aliphatic rings. The van der Waals surface area contributed by atoms with Crippen LogP contribution < -0.4 is 5.32 Å². The molecule has 0 saturated heterocycles. The molecule has 0 bridgehead atoms. The van der Waals surface area contributed by atoms with Crippen molar-refractivity contribution < 1.29 is 28.2 Å². The molecule has 0 saturated carbocycles. The molecule has 0 fully saturated rings. The quantitative estimate of drug-likeness (QED) is 0.213. The number of aromatic amines is 1. The zero-order chi connectivity index (χ0) is 29.9. The number of esters is 1. The van der Waals surface area contributed by atoms with E-state index in [2.05, 4.69) is 10.3 Å². The molecule has 0 radical (unpaired) electrons. The van der Waals surface area contributed by atoms with Crippen LogP contribution in [0.2, 0.25) is 0 Å². The molecule has 42 heavy (non-hydrogen) atoms. The molecule has 9 nitrogen and oxygen atoms in total. The van der Waals surface area contributed by atoms with E-state index in [-0.39, 0.29) is 44.6 Å². The van der Waals surface area contributed by atoms with Gasteiger partial charge in [0.1, 0.15) is 12.4 Å². The van der Waals surface area contributed by atoms with Crippen molar-refractivity contribution in [3.05, 3.63) is 102 Å². The van der Waals surface area contributed by atoms with Crippen LogP contribution in [0.5, 0.6) is 0 Å². The number of carbonyl (C=O) groups excluding carboxylic acids is 3. The number of hydrogen-bond donors (Lipinski definition) is 2. The zero-order valence-electron chi connectivity index (χ0n) is 23.8. The highest BCUT2D eigenvalue weighted by atomic mass is 19.1. The molecule has 4 aromatic rings. The monoisotopic (exact) mass is 574 g/mol. The number of para-hydroxylation sites is 1. The van der Waals surface area contributed by atoms with Crippen molar-refractivity contribution in [3.8, 4) is 0 Å². The van der Waals surface area contributed by atoms with Crippen molar-refractivity contribution >= 4 is 34.5 Å². The summed E-state index contributed by atoms with van der Waals surface area (Å²) in [5.74, 6) is -1.06. The van der Waals surface area contributed by atoms with Crippen molar-refractivity contribution in [1.29, 1.82) is 0 Å². The van der Waals surface area contributed by atoms with Gasteiger partial charge >= 0.3 is 12.0 Å². The van der Waals surface area contributed by atoms with Gasteiger partial charge in [0, 0.05) is 49.5 Å². The van der Waals surface area contributed by atoms with Crippen molar-refractivity contribution in [2.24, 2.45) is 0 Å². The van der Waals surface area contributed by atoms with Gasteiger partial charge in [-0.05, 0) is 66.9 Å². The number of anilines is 1. The molecule has 0 atom stereocenters. The van der Waals surface area contributed by atoms with E-state index in [4.69, 9.17) is 9.47 Å². The second-order valence-corrected chi connectivity index (χ2v) is 9.69. The van der Waals surface area contributed by atoms with Gasteiger partial charge in [0.15, 0.2) is 0 Å². The Kier molecular flexibility index (Phi) is 10.7. The number of ether oxygens (including phenoxy) is 2. The van der Waals surface area contributed by atoms with Crippen molar-refractivity contribution in [2.45, 2.75) is 19.9 Å². The predicted molar refractivity (Wildman–Crippen MR) is 159 cm³/mol. The van der Waals surface area contributed by atoms with Gasteiger partial charge in [-0.15, -0.1) is 0 Å². The summed E-state index contributed by atoms with van der Waals surface area (Å²) in [5.41, 5.74) is 3.70. The van der Waals surface area contributed by atoms with Gasteiger partial charge in [-0.3, -0.25) is 4.79 Å². The number of aromatic nitrogens is 1. The third-order valence-corrected chi connectivity index (χ3v) is 6.79. The van der Waals surface area contributed by atoms with Crippen molar-refractivity contribution in [1.82, 2.24) is 14.8 Å². The summed E-state index contributed by atoms with van der Waals surface area (Å²) in [6.45, 7) is 2.87. The van der Waals surface area contributed by atoms with Crippen LogP contribution in [-0.4, -0.2) is 72.6 Å². The van der Waals surface area contributed by atoms with Crippen LogP contribution in [0.15, 0.2) is 79.0 Å². The normalized spacial score (nSPS) is 10.8.